The third kappa shape index (κ3) is 21.3. The van der Waals surface area contributed by atoms with E-state index in [2.05, 4.69) is 113 Å². The van der Waals surface area contributed by atoms with Crippen LogP contribution in [0.4, 0.5) is 38.5 Å². The van der Waals surface area contributed by atoms with Gasteiger partial charge < -0.3 is 41.0 Å². The molecular weight excluding hydrogens is 1930 g/mol. The summed E-state index contributed by atoms with van der Waals surface area (Å²) in [4.78, 5) is 132. The Hall–Kier alpha value is -15.3. The lowest BCUT2D eigenvalue weighted by Gasteiger charge is -2.31. The molecule has 0 saturated heterocycles. The number of ether oxygens (including phenoxy) is 2. The number of anilines is 5. The minimum Gasteiger partial charge on any atom is -0.444 e. The van der Waals surface area contributed by atoms with Crippen LogP contribution in [0.5, 0.6) is 0 Å². The number of amides is 2. The third-order valence-corrected chi connectivity index (χ3v) is 27.4. The maximum absolute atomic E-state index is 13.2. The minimum atomic E-state index is -0.547. The molecule has 22 rings (SSSR count). The molecule has 41 heteroatoms. The molecule has 0 unspecified atom stereocenters. The molecule has 0 bridgehead atoms. The predicted molar refractivity (Wildman–Crippen MR) is 552 cm³/mol. The number of aromatic amines is 1. The van der Waals surface area contributed by atoms with Crippen molar-refractivity contribution in [2.24, 2.45) is 0 Å². The van der Waals surface area contributed by atoms with Crippen LogP contribution in [0.15, 0.2) is 186 Å². The minimum absolute atomic E-state index is 0.0600. The maximum atomic E-state index is 13.2. The van der Waals surface area contributed by atoms with Crippen molar-refractivity contribution in [3.63, 3.8) is 0 Å². The Morgan fingerprint density at radius 1 is 0.451 bits per heavy atom. The number of nitrogens with zero attached hydrogens (tertiary/aromatic N) is 25. The SMILES string of the molecule is CC(C)(C)OC(=O)N1CCc2cc(N)ccc2C1.CCn1[nH]c2nc(SC)ncc2c1=O.CCn1c(=O)c2cnc(Nc3ccc4c(c3)CCN(C(=O)OC(C)(C)C)C4)nc2n1-c1cccc(C2(C#N)CC2)n1.CCn1c(=O)c2cnc(Nc3ccc4c(c3)CCNC4)nc2n1-c1cccc(C2(C#N)CC2)n1.CCn1c(=O)c2cnc(SC)nc2n1-c1cccc(C2(C#N)CC2)n1.N#CC1(c2cccc(Br)n2)CC1. The summed E-state index contributed by atoms with van der Waals surface area (Å²) in [5.74, 6) is 2.45. The van der Waals surface area contributed by atoms with Crippen LogP contribution >= 0.6 is 39.5 Å². The maximum Gasteiger partial charge on any atom is 0.410 e. The second kappa shape index (κ2) is 41.3. The van der Waals surface area contributed by atoms with E-state index < -0.39 is 27.4 Å². The largest absolute Gasteiger partial charge is 0.444 e. The molecule has 4 fully saturated rings. The van der Waals surface area contributed by atoms with Crippen LogP contribution in [0, 0.1) is 45.3 Å². The molecule has 3 aliphatic heterocycles. The van der Waals surface area contributed by atoms with Gasteiger partial charge in [0.2, 0.25) is 11.9 Å². The van der Waals surface area contributed by atoms with E-state index in [1.165, 1.54) is 51.1 Å². The Balaban J connectivity index is 0.000000125. The van der Waals surface area contributed by atoms with Gasteiger partial charge in [-0.25, -0.2) is 87.5 Å². The lowest BCUT2D eigenvalue weighted by Crippen LogP contribution is -2.39. The van der Waals surface area contributed by atoms with Crippen molar-refractivity contribution in [3.8, 4) is 41.7 Å². The number of thioether (sulfide) groups is 2. The van der Waals surface area contributed by atoms with Gasteiger partial charge in [-0.3, -0.25) is 29.0 Å². The highest BCUT2D eigenvalue weighted by Gasteiger charge is 2.49. The van der Waals surface area contributed by atoms with Crippen LogP contribution in [0.3, 0.4) is 0 Å². The number of halogens is 1. The fourth-order valence-corrected chi connectivity index (χ4v) is 18.4. The number of fused-ring (bicyclic) bond motifs is 7. The van der Waals surface area contributed by atoms with Crippen molar-refractivity contribution >= 4 is 125 Å². The molecule has 0 atom stereocenters. The molecule has 6 N–H and O–H groups in total. The normalized spacial score (nSPS) is 15.4. The zero-order valence-electron chi connectivity index (χ0n) is 82.0. The first-order valence-corrected chi connectivity index (χ1v) is 51.0. The highest BCUT2D eigenvalue weighted by molar-refractivity contribution is 9.10. The summed E-state index contributed by atoms with van der Waals surface area (Å²) >= 11 is 6.16. The second-order valence-electron chi connectivity index (χ2n) is 38.0. The van der Waals surface area contributed by atoms with E-state index in [1.807, 2.05) is 197 Å². The first-order valence-electron chi connectivity index (χ1n) is 47.8. The van der Waals surface area contributed by atoms with Gasteiger partial charge in [-0.1, -0.05) is 66.0 Å². The summed E-state index contributed by atoms with van der Waals surface area (Å²) in [6, 6.07) is 50.0. The lowest BCUT2D eigenvalue weighted by atomic mass is 9.99. The van der Waals surface area contributed by atoms with Gasteiger partial charge in [-0.15, -0.1) is 0 Å². The van der Waals surface area contributed by atoms with E-state index in [-0.39, 0.29) is 39.8 Å². The first kappa shape index (κ1) is 100. The molecule has 3 aromatic carbocycles. The van der Waals surface area contributed by atoms with E-state index in [9.17, 15) is 44.6 Å². The summed E-state index contributed by atoms with van der Waals surface area (Å²) in [7, 11) is 0. The summed E-state index contributed by atoms with van der Waals surface area (Å²) in [5, 5.41) is 53.6. The standard InChI is InChI=1S/C30H32N8O3.C25H24N8O.C17H16N6OS.C14H20N2O2.C9H7BrN2.C8H10N4OS/c1-5-37-26(39)22-16-32-27(35-25(22)38(37)24-8-6-7-23(34-24)30(18-31)12-13-30)33-21-10-9-20-17-36(14-11-19(20)15-21)28(40)41-29(2,3)4;1-2-32-23(34)19-14-28-24(29-18-7-6-17-13-27-11-8-16(17)12-18)31-22(19)33(32)21-5-3-4-20(30-21)25(15-26)9-10-25;1-3-22-15(24)11-9-19-16(25-2)21-14(11)23(22)13-6-4-5-12(20-13)17(10-18)7-8-17;1-14(2,3)18-13(17)16-7-6-10-8-12(15)5-4-11(10)9-16;10-8-3-1-2-7(12-8)9(6-11)4-5-9;1-3-12-7(13)5-4-9-8(14-2)10-6(5)11-12/h6-10,15-16H,5,11-14,17H2,1-4H3,(H,32,33,35);3-7,12,14,27H,2,8-11,13H2,1H3,(H,28,29,31);4-6,9H,3,7-8H2,1-2H3;4-5,8H,6-7,9,15H2,1-3H3;1-3H,4-5H2;4H,3H2,1-2H3,(H,9,10,11). The van der Waals surface area contributed by atoms with Crippen molar-refractivity contribution in [3.05, 3.63) is 254 Å². The lowest BCUT2D eigenvalue weighted by molar-refractivity contribution is 0.0214. The number of nitrogen functional groups attached to an aromatic ring is 1. The number of carbonyl (C=O) groups is 2. The first-order chi connectivity index (χ1) is 69.2. The molecule has 38 nitrogen and oxygen atoms in total. The van der Waals surface area contributed by atoms with Gasteiger partial charge in [0.15, 0.2) is 50.4 Å². The van der Waals surface area contributed by atoms with Crippen molar-refractivity contribution in [1.29, 1.82) is 21.0 Å². The number of benzene rings is 3. The topological polar surface area (TPSA) is 490 Å². The quantitative estimate of drug-likeness (QED) is 0.0245. The summed E-state index contributed by atoms with van der Waals surface area (Å²) in [6.07, 6.45) is 18.7. The van der Waals surface area contributed by atoms with E-state index in [1.54, 1.807) is 56.5 Å². The smallest absolute Gasteiger partial charge is 0.410 e. The third-order valence-electron chi connectivity index (χ3n) is 25.8. The van der Waals surface area contributed by atoms with Crippen molar-refractivity contribution in [2.75, 3.05) is 48.5 Å². The zero-order chi connectivity index (χ0) is 102. The number of aromatic nitrogens is 20. The van der Waals surface area contributed by atoms with Crippen molar-refractivity contribution < 1.29 is 19.1 Å². The van der Waals surface area contributed by atoms with Gasteiger partial charge in [0.25, 0.3) is 22.2 Å². The molecular formula is C103H109BrN30O8S2. The number of carbonyl (C=O) groups excluding carboxylic acids is 2. The van der Waals surface area contributed by atoms with Gasteiger partial charge >= 0.3 is 12.2 Å². The Kier molecular flexibility index (Phi) is 28.8. The van der Waals surface area contributed by atoms with Crippen molar-refractivity contribution in [2.45, 2.75) is 229 Å². The average Bonchev–Trinajstić information content (AvgIpc) is 1.39. The van der Waals surface area contributed by atoms with Crippen LogP contribution in [-0.2, 0) is 96.2 Å². The number of aryl methyl sites for hydroxylation is 1. The number of nitrogens with one attached hydrogen (secondary N) is 4. The Morgan fingerprint density at radius 3 is 1.24 bits per heavy atom. The Bertz CT molecular complexity index is 7930. The van der Waals surface area contributed by atoms with Crippen LogP contribution in [-0.4, -0.2) is 163 Å². The molecule has 4 aliphatic carbocycles. The predicted octanol–water partition coefficient (Wildman–Crippen LogP) is 15.6. The second-order valence-corrected chi connectivity index (χ2v) is 40.3. The van der Waals surface area contributed by atoms with Crippen LogP contribution in [0.2, 0.25) is 0 Å². The van der Waals surface area contributed by atoms with Gasteiger partial charge in [-0.05, 0) is 293 Å². The van der Waals surface area contributed by atoms with Gasteiger partial charge in [-0.2, -0.15) is 31.0 Å². The molecule has 144 heavy (non-hydrogen) atoms. The van der Waals surface area contributed by atoms with Gasteiger partial charge in [0.05, 0.1) is 68.7 Å². The fourth-order valence-electron chi connectivity index (χ4n) is 17.4. The number of rotatable bonds is 17. The number of pyridine rings is 4. The zero-order valence-corrected chi connectivity index (χ0v) is 85.2. The van der Waals surface area contributed by atoms with E-state index in [0.717, 1.165) is 133 Å². The van der Waals surface area contributed by atoms with E-state index >= 15 is 0 Å². The number of H-pyrrole nitrogens is 1. The number of hydrogen-bond acceptors (Lipinski definition) is 30. The Morgan fingerprint density at radius 2 is 0.833 bits per heavy atom. The number of nitriles is 4. The highest BCUT2D eigenvalue weighted by Crippen LogP contribution is 2.50. The van der Waals surface area contributed by atoms with Crippen LogP contribution < -0.4 is 43.9 Å². The summed E-state index contributed by atoms with van der Waals surface area (Å²) < 4.78 is 23.2. The molecule has 0 radical (unpaired) electrons. The van der Waals surface area contributed by atoms with E-state index in [0.29, 0.717) is 148 Å². The Labute approximate surface area is 845 Å². The van der Waals surface area contributed by atoms with Gasteiger partial charge in [0, 0.05) is 101 Å². The monoisotopic (exact) mass is 2040 g/mol. The average molecular weight is 2040 g/mol. The van der Waals surface area contributed by atoms with Gasteiger partial charge in [0.1, 0.15) is 37.4 Å². The molecule has 2 amide bonds. The fraction of sp³-hybridized carbons (Fsp3) is 0.379. The summed E-state index contributed by atoms with van der Waals surface area (Å²) in [6.45, 7) is 25.0. The van der Waals surface area contributed by atoms with Crippen LogP contribution in [0.25, 0.3) is 61.6 Å². The molecule has 12 aromatic heterocycles. The molecule has 15 heterocycles. The summed E-state index contributed by atoms with van der Waals surface area (Å²) in [5.41, 5.74) is 17.3. The highest BCUT2D eigenvalue weighted by atomic mass is 79.9. The molecule has 4 saturated carbocycles. The molecule has 0 spiro atoms. The number of nitrogens with two attached hydrogens (primary N) is 1. The molecule has 738 valence electrons. The van der Waals surface area contributed by atoms with Crippen LogP contribution in [0.1, 0.15) is 177 Å². The molecule has 7 aliphatic rings. The van der Waals surface area contributed by atoms with Crippen molar-refractivity contribution in [1.82, 2.24) is 113 Å². The number of hydrogen-bond donors (Lipinski definition) is 5. The van der Waals surface area contributed by atoms with E-state index in [4.69, 9.17) is 40.4 Å². The molecule has 15 aromatic rings.